The highest BCUT2D eigenvalue weighted by atomic mass is 16.5. The zero-order valence-corrected chi connectivity index (χ0v) is 15.8. The first-order chi connectivity index (χ1) is 12.9. The number of rotatable bonds is 4. The number of aryl methyl sites for hydroxylation is 1. The van der Waals surface area contributed by atoms with Gasteiger partial charge in [0.25, 0.3) is 0 Å². The molecule has 2 N–H and O–H groups in total. The predicted molar refractivity (Wildman–Crippen MR) is 99.6 cm³/mol. The van der Waals surface area contributed by atoms with Crippen molar-refractivity contribution >= 4 is 11.9 Å². The molecule has 5 atom stereocenters. The Morgan fingerprint density at radius 3 is 2.78 bits per heavy atom. The first-order valence-corrected chi connectivity index (χ1v) is 10.1. The van der Waals surface area contributed by atoms with Gasteiger partial charge in [0.1, 0.15) is 5.75 Å². The van der Waals surface area contributed by atoms with Crippen LogP contribution in [0.25, 0.3) is 0 Å². The van der Waals surface area contributed by atoms with E-state index in [2.05, 4.69) is 13.0 Å². The Kier molecular flexibility index (Phi) is 4.75. The summed E-state index contributed by atoms with van der Waals surface area (Å²) in [5.41, 5.74) is 2.71. The van der Waals surface area contributed by atoms with Crippen LogP contribution in [0.15, 0.2) is 18.2 Å². The molecule has 3 aliphatic carbocycles. The number of hydrogen-bond acceptors (Lipinski definition) is 4. The van der Waals surface area contributed by atoms with Crippen molar-refractivity contribution in [2.24, 2.45) is 17.3 Å². The average molecular weight is 372 g/mol. The standard InChI is InChI=1S/C22H28O5/c1-22-11-10-16-15-5-3-14(27-21(26)9-8-20(24)25)12-13(15)2-4-17(16)18(22)6-7-19(22)23/h3,5,12,16-19,23H,2,4,6-11H2,1H3,(H,24,25). The minimum atomic E-state index is -0.996. The molecule has 0 radical (unpaired) electrons. The topological polar surface area (TPSA) is 83.8 Å². The van der Waals surface area contributed by atoms with E-state index in [1.165, 1.54) is 11.1 Å². The lowest BCUT2D eigenvalue weighted by molar-refractivity contribution is -0.142. The second-order valence-corrected chi connectivity index (χ2v) is 8.78. The predicted octanol–water partition coefficient (Wildman–Crippen LogP) is 3.67. The molecule has 3 aliphatic rings. The number of aliphatic carboxylic acids is 1. The van der Waals surface area contributed by atoms with E-state index in [9.17, 15) is 14.7 Å². The van der Waals surface area contributed by atoms with Crippen LogP contribution in [0, 0.1) is 17.3 Å². The lowest BCUT2D eigenvalue weighted by Gasteiger charge is -2.50. The van der Waals surface area contributed by atoms with Gasteiger partial charge in [-0.05, 0) is 85.0 Å². The van der Waals surface area contributed by atoms with Gasteiger partial charge in [-0.2, -0.15) is 0 Å². The number of carbonyl (C=O) groups excluding carboxylic acids is 1. The summed E-state index contributed by atoms with van der Waals surface area (Å²) in [6, 6.07) is 5.90. The lowest BCUT2D eigenvalue weighted by Crippen LogP contribution is -2.43. The van der Waals surface area contributed by atoms with Gasteiger partial charge in [0, 0.05) is 0 Å². The van der Waals surface area contributed by atoms with Gasteiger partial charge in [0.2, 0.25) is 0 Å². The first kappa shape index (κ1) is 18.5. The first-order valence-electron chi connectivity index (χ1n) is 10.1. The molecule has 5 heteroatoms. The van der Waals surface area contributed by atoms with Crippen molar-refractivity contribution in [1.82, 2.24) is 0 Å². The van der Waals surface area contributed by atoms with Gasteiger partial charge in [-0.3, -0.25) is 9.59 Å². The molecule has 0 heterocycles. The third-order valence-electron chi connectivity index (χ3n) is 7.42. The number of hydrogen-bond donors (Lipinski definition) is 2. The molecule has 0 bridgehead atoms. The molecular formula is C22H28O5. The van der Waals surface area contributed by atoms with E-state index in [-0.39, 0.29) is 24.4 Å². The number of ether oxygens (including phenoxy) is 1. The maximum Gasteiger partial charge on any atom is 0.311 e. The number of fused-ring (bicyclic) bond motifs is 5. The number of benzene rings is 1. The molecule has 0 amide bonds. The Hall–Kier alpha value is -1.88. The highest BCUT2D eigenvalue weighted by molar-refractivity contribution is 5.78. The molecule has 5 unspecified atom stereocenters. The van der Waals surface area contributed by atoms with E-state index >= 15 is 0 Å². The molecule has 2 fully saturated rings. The second kappa shape index (κ2) is 6.93. The number of carbonyl (C=O) groups is 2. The molecule has 5 nitrogen and oxygen atoms in total. The van der Waals surface area contributed by atoms with Gasteiger partial charge in [-0.1, -0.05) is 13.0 Å². The fraction of sp³-hybridized carbons (Fsp3) is 0.636. The van der Waals surface area contributed by atoms with Crippen LogP contribution in [0.1, 0.15) is 68.9 Å². The number of aliphatic hydroxyl groups excluding tert-OH is 1. The Morgan fingerprint density at radius 2 is 2.00 bits per heavy atom. The molecule has 1 aromatic carbocycles. The number of esters is 1. The van der Waals surface area contributed by atoms with Crippen molar-refractivity contribution in [3.05, 3.63) is 29.3 Å². The van der Waals surface area contributed by atoms with Crippen LogP contribution in [-0.2, 0) is 16.0 Å². The number of carboxylic acids is 1. The van der Waals surface area contributed by atoms with Crippen LogP contribution < -0.4 is 4.74 Å². The fourth-order valence-electron chi connectivity index (χ4n) is 5.99. The third kappa shape index (κ3) is 3.27. The normalized spacial score (nSPS) is 34.3. The molecular weight excluding hydrogens is 344 g/mol. The summed E-state index contributed by atoms with van der Waals surface area (Å²) in [6.07, 6.45) is 5.87. The van der Waals surface area contributed by atoms with Crippen LogP contribution in [-0.4, -0.2) is 28.3 Å². The maximum atomic E-state index is 11.8. The summed E-state index contributed by atoms with van der Waals surface area (Å²) in [6.45, 7) is 2.28. The van der Waals surface area contributed by atoms with Crippen molar-refractivity contribution < 1.29 is 24.5 Å². The Balaban J connectivity index is 1.49. The molecule has 0 aromatic heterocycles. The van der Waals surface area contributed by atoms with Gasteiger partial charge in [-0.15, -0.1) is 0 Å². The number of carboxylic acid groups (broad SMARTS) is 1. The van der Waals surface area contributed by atoms with Crippen molar-refractivity contribution in [2.75, 3.05) is 0 Å². The Bertz CT molecular complexity index is 757. The molecule has 146 valence electrons. The molecule has 1 aromatic rings. The maximum absolute atomic E-state index is 11.8. The summed E-state index contributed by atoms with van der Waals surface area (Å²) < 4.78 is 5.33. The van der Waals surface area contributed by atoms with Crippen LogP contribution in [0.2, 0.25) is 0 Å². The summed E-state index contributed by atoms with van der Waals surface area (Å²) >= 11 is 0. The van der Waals surface area contributed by atoms with Crippen LogP contribution >= 0.6 is 0 Å². The second-order valence-electron chi connectivity index (χ2n) is 8.78. The summed E-state index contributed by atoms with van der Waals surface area (Å²) in [4.78, 5) is 22.4. The van der Waals surface area contributed by atoms with Crippen LogP contribution in [0.3, 0.4) is 0 Å². The lowest BCUT2D eigenvalue weighted by atomic mass is 9.55. The summed E-state index contributed by atoms with van der Waals surface area (Å²) in [5.74, 6) is 0.794. The van der Waals surface area contributed by atoms with E-state index in [4.69, 9.17) is 9.84 Å². The van der Waals surface area contributed by atoms with E-state index in [1.54, 1.807) is 0 Å². The van der Waals surface area contributed by atoms with Gasteiger partial charge in [0.15, 0.2) is 0 Å². The van der Waals surface area contributed by atoms with E-state index in [0.29, 0.717) is 23.5 Å². The molecule has 2 saturated carbocycles. The Morgan fingerprint density at radius 1 is 1.19 bits per heavy atom. The quantitative estimate of drug-likeness (QED) is 0.622. The third-order valence-corrected chi connectivity index (χ3v) is 7.42. The van der Waals surface area contributed by atoms with Crippen molar-refractivity contribution in [2.45, 2.75) is 70.3 Å². The monoisotopic (exact) mass is 372 g/mol. The van der Waals surface area contributed by atoms with Crippen LogP contribution in [0.4, 0.5) is 0 Å². The zero-order chi connectivity index (χ0) is 19.2. The molecule has 27 heavy (non-hydrogen) atoms. The Labute approximate surface area is 159 Å². The zero-order valence-electron chi connectivity index (χ0n) is 15.8. The van der Waals surface area contributed by atoms with Gasteiger partial charge in [0.05, 0.1) is 18.9 Å². The molecule has 0 aliphatic heterocycles. The van der Waals surface area contributed by atoms with Gasteiger partial charge in [-0.25, -0.2) is 0 Å². The largest absolute Gasteiger partial charge is 0.481 e. The number of aliphatic hydroxyl groups is 1. The van der Waals surface area contributed by atoms with E-state index in [1.807, 2.05) is 12.1 Å². The fourth-order valence-corrected chi connectivity index (χ4v) is 5.99. The molecule has 0 saturated heterocycles. The van der Waals surface area contributed by atoms with Crippen molar-refractivity contribution in [3.63, 3.8) is 0 Å². The van der Waals surface area contributed by atoms with Crippen molar-refractivity contribution in [3.8, 4) is 5.75 Å². The van der Waals surface area contributed by atoms with Crippen molar-refractivity contribution in [1.29, 1.82) is 0 Å². The molecule has 0 spiro atoms. The van der Waals surface area contributed by atoms with Crippen LogP contribution in [0.5, 0.6) is 5.75 Å². The minimum Gasteiger partial charge on any atom is -0.481 e. The minimum absolute atomic E-state index is 0.0816. The van der Waals surface area contributed by atoms with Gasteiger partial charge >= 0.3 is 11.9 Å². The highest BCUT2D eigenvalue weighted by Gasteiger charge is 2.54. The summed E-state index contributed by atoms with van der Waals surface area (Å²) in [7, 11) is 0. The molecule has 4 rings (SSSR count). The smallest absolute Gasteiger partial charge is 0.311 e. The average Bonchev–Trinajstić information content (AvgIpc) is 2.94. The highest BCUT2D eigenvalue weighted by Crippen LogP contribution is 2.60. The van der Waals surface area contributed by atoms with Gasteiger partial charge < -0.3 is 14.9 Å². The van der Waals surface area contributed by atoms with E-state index < -0.39 is 11.9 Å². The summed E-state index contributed by atoms with van der Waals surface area (Å²) in [5, 5.41) is 19.2. The van der Waals surface area contributed by atoms with E-state index in [0.717, 1.165) is 38.5 Å². The SMILES string of the molecule is CC12CCC3c4ccc(OC(=O)CCC(=O)O)cc4CCC3C1CCC2O.